The van der Waals surface area contributed by atoms with E-state index in [9.17, 15) is 9.59 Å². The summed E-state index contributed by atoms with van der Waals surface area (Å²) in [6.07, 6.45) is 0.650. The van der Waals surface area contributed by atoms with E-state index in [2.05, 4.69) is 17.4 Å². The van der Waals surface area contributed by atoms with E-state index in [1.165, 1.54) is 12.5 Å². The van der Waals surface area contributed by atoms with Crippen LogP contribution in [0, 0.1) is 5.92 Å². The van der Waals surface area contributed by atoms with Crippen LogP contribution in [-0.4, -0.2) is 30.5 Å². The van der Waals surface area contributed by atoms with Crippen LogP contribution < -0.4 is 11.1 Å². The van der Waals surface area contributed by atoms with Crippen molar-refractivity contribution in [2.45, 2.75) is 19.1 Å². The molecule has 0 aromatic heterocycles. The number of Topliss-reactive ketones (excluding diaryl/α,β-unsaturated/α-hetero) is 1. The number of rotatable bonds is 9. The van der Waals surface area contributed by atoms with Gasteiger partial charge in [0, 0.05) is 30.9 Å². The summed E-state index contributed by atoms with van der Waals surface area (Å²) in [5, 5.41) is 2.72. The second kappa shape index (κ2) is 9.55. The SMILES string of the molecule is CC(=O)NCCC(CSCc1ccccc1)C(=O)CN. The van der Waals surface area contributed by atoms with E-state index in [0.717, 1.165) is 11.5 Å². The topological polar surface area (TPSA) is 72.2 Å². The molecule has 0 aliphatic heterocycles. The van der Waals surface area contributed by atoms with Crippen molar-refractivity contribution < 1.29 is 9.59 Å². The Morgan fingerprint density at radius 2 is 2.00 bits per heavy atom. The van der Waals surface area contributed by atoms with E-state index in [1.807, 2.05) is 18.2 Å². The van der Waals surface area contributed by atoms with Crippen LogP contribution in [0.3, 0.4) is 0 Å². The fraction of sp³-hybridized carbons (Fsp3) is 0.467. The van der Waals surface area contributed by atoms with Crippen molar-refractivity contribution in [3.63, 3.8) is 0 Å². The molecule has 3 N–H and O–H groups in total. The highest BCUT2D eigenvalue weighted by Crippen LogP contribution is 2.18. The van der Waals surface area contributed by atoms with Crippen molar-refractivity contribution in [2.24, 2.45) is 11.7 Å². The maximum Gasteiger partial charge on any atom is 0.216 e. The zero-order valence-electron chi connectivity index (χ0n) is 11.8. The quantitative estimate of drug-likeness (QED) is 0.725. The molecule has 0 bridgehead atoms. The van der Waals surface area contributed by atoms with Gasteiger partial charge in [0.25, 0.3) is 0 Å². The van der Waals surface area contributed by atoms with Gasteiger partial charge in [-0.3, -0.25) is 9.59 Å². The number of hydrogen-bond donors (Lipinski definition) is 2. The minimum atomic E-state index is -0.0828. The number of nitrogens with two attached hydrogens (primary N) is 1. The highest BCUT2D eigenvalue weighted by Gasteiger charge is 2.16. The van der Waals surface area contributed by atoms with E-state index >= 15 is 0 Å². The van der Waals surface area contributed by atoms with Crippen LogP contribution in [0.25, 0.3) is 0 Å². The zero-order valence-corrected chi connectivity index (χ0v) is 12.6. The van der Waals surface area contributed by atoms with Crippen molar-refractivity contribution in [3.8, 4) is 0 Å². The smallest absolute Gasteiger partial charge is 0.216 e. The van der Waals surface area contributed by atoms with Gasteiger partial charge in [0.1, 0.15) is 5.78 Å². The van der Waals surface area contributed by atoms with Gasteiger partial charge < -0.3 is 11.1 Å². The Labute approximate surface area is 124 Å². The number of carbonyl (C=O) groups is 2. The number of benzene rings is 1. The highest BCUT2D eigenvalue weighted by molar-refractivity contribution is 7.98. The number of hydrogen-bond acceptors (Lipinski definition) is 4. The molecule has 0 aliphatic rings. The van der Waals surface area contributed by atoms with Crippen molar-refractivity contribution in [2.75, 3.05) is 18.8 Å². The first-order valence-electron chi connectivity index (χ1n) is 6.72. The lowest BCUT2D eigenvalue weighted by atomic mass is 10.0. The summed E-state index contributed by atoms with van der Waals surface area (Å²) in [5.74, 6) is 1.54. The molecule has 1 rings (SSSR count). The third-order valence-corrected chi connectivity index (χ3v) is 4.13. The van der Waals surface area contributed by atoms with Gasteiger partial charge in [-0.25, -0.2) is 0 Å². The lowest BCUT2D eigenvalue weighted by Crippen LogP contribution is -2.30. The third kappa shape index (κ3) is 6.73. The number of nitrogens with one attached hydrogen (secondary N) is 1. The van der Waals surface area contributed by atoms with Crippen LogP contribution >= 0.6 is 11.8 Å². The van der Waals surface area contributed by atoms with E-state index < -0.39 is 0 Å². The molecule has 0 saturated carbocycles. The van der Waals surface area contributed by atoms with Crippen LogP contribution in [-0.2, 0) is 15.3 Å². The summed E-state index contributed by atoms with van der Waals surface area (Å²) >= 11 is 1.73. The Bertz CT molecular complexity index is 423. The first kappa shape index (κ1) is 16.7. The molecule has 1 aromatic carbocycles. The normalized spacial score (nSPS) is 11.9. The molecule has 110 valence electrons. The molecule has 0 heterocycles. The molecule has 0 radical (unpaired) electrons. The monoisotopic (exact) mass is 294 g/mol. The van der Waals surface area contributed by atoms with Gasteiger partial charge in [-0.2, -0.15) is 11.8 Å². The average Bonchev–Trinajstić information content (AvgIpc) is 2.45. The molecule has 5 heteroatoms. The Morgan fingerprint density at radius 3 is 2.60 bits per heavy atom. The van der Waals surface area contributed by atoms with Crippen LogP contribution in [0.1, 0.15) is 18.9 Å². The fourth-order valence-corrected chi connectivity index (χ4v) is 3.00. The van der Waals surface area contributed by atoms with E-state index in [-0.39, 0.29) is 24.2 Å². The van der Waals surface area contributed by atoms with Crippen LogP contribution in [0.2, 0.25) is 0 Å². The van der Waals surface area contributed by atoms with Crippen molar-refractivity contribution in [1.29, 1.82) is 0 Å². The molecule has 0 aliphatic carbocycles. The predicted molar refractivity (Wildman–Crippen MR) is 83.5 cm³/mol. The number of thioether (sulfide) groups is 1. The molecule has 1 amide bonds. The molecule has 1 atom stereocenters. The van der Waals surface area contributed by atoms with E-state index in [0.29, 0.717) is 13.0 Å². The maximum absolute atomic E-state index is 11.8. The Hall–Kier alpha value is -1.33. The zero-order chi connectivity index (χ0) is 14.8. The summed E-state index contributed by atoms with van der Waals surface area (Å²) in [6.45, 7) is 2.07. The van der Waals surface area contributed by atoms with Gasteiger partial charge in [0.05, 0.1) is 6.54 Å². The van der Waals surface area contributed by atoms with Crippen molar-refractivity contribution >= 4 is 23.5 Å². The van der Waals surface area contributed by atoms with Gasteiger partial charge in [-0.05, 0) is 12.0 Å². The summed E-state index contributed by atoms with van der Waals surface area (Å²) in [4.78, 5) is 22.6. The second-order valence-electron chi connectivity index (χ2n) is 4.64. The van der Waals surface area contributed by atoms with Crippen molar-refractivity contribution in [3.05, 3.63) is 35.9 Å². The molecule has 4 nitrogen and oxygen atoms in total. The highest BCUT2D eigenvalue weighted by atomic mass is 32.2. The van der Waals surface area contributed by atoms with Gasteiger partial charge in [0.15, 0.2) is 0 Å². The van der Waals surface area contributed by atoms with Crippen molar-refractivity contribution in [1.82, 2.24) is 5.32 Å². The Morgan fingerprint density at radius 1 is 1.30 bits per heavy atom. The summed E-state index contributed by atoms with van der Waals surface area (Å²) in [5.41, 5.74) is 6.69. The fourth-order valence-electron chi connectivity index (χ4n) is 1.82. The molecular formula is C15H22N2O2S. The summed E-state index contributed by atoms with van der Waals surface area (Å²) in [7, 11) is 0. The van der Waals surface area contributed by atoms with E-state index in [1.54, 1.807) is 11.8 Å². The molecular weight excluding hydrogens is 272 g/mol. The van der Waals surface area contributed by atoms with E-state index in [4.69, 9.17) is 5.73 Å². The number of amides is 1. The predicted octanol–water partition coefficient (Wildman–Crippen LogP) is 1.59. The van der Waals surface area contributed by atoms with Gasteiger partial charge >= 0.3 is 0 Å². The van der Waals surface area contributed by atoms with Gasteiger partial charge in [-0.1, -0.05) is 30.3 Å². The van der Waals surface area contributed by atoms with Gasteiger partial charge in [-0.15, -0.1) is 0 Å². The lowest BCUT2D eigenvalue weighted by molar-refractivity contribution is -0.122. The van der Waals surface area contributed by atoms with Gasteiger partial charge in [0.2, 0.25) is 5.91 Å². The molecule has 0 saturated heterocycles. The molecule has 1 aromatic rings. The molecule has 0 spiro atoms. The summed E-state index contributed by atoms with van der Waals surface area (Å²) in [6, 6.07) is 10.2. The average molecular weight is 294 g/mol. The Kier molecular flexibility index (Phi) is 7.99. The third-order valence-electron chi connectivity index (χ3n) is 2.95. The first-order chi connectivity index (χ1) is 9.63. The minimum absolute atomic E-state index is 0.0657. The maximum atomic E-state index is 11.8. The number of ketones is 1. The first-order valence-corrected chi connectivity index (χ1v) is 7.88. The second-order valence-corrected chi connectivity index (χ2v) is 5.67. The summed E-state index contributed by atoms with van der Waals surface area (Å²) < 4.78 is 0. The minimum Gasteiger partial charge on any atom is -0.356 e. The van der Waals surface area contributed by atoms with Crippen LogP contribution in [0.5, 0.6) is 0 Å². The standard InChI is InChI=1S/C15H22N2O2S/c1-12(18)17-8-7-14(15(19)9-16)11-20-10-13-5-3-2-4-6-13/h2-6,14H,7-11,16H2,1H3,(H,17,18). The largest absolute Gasteiger partial charge is 0.356 e. The lowest BCUT2D eigenvalue weighted by Gasteiger charge is -2.14. The number of carbonyl (C=O) groups excluding carboxylic acids is 2. The molecule has 1 unspecified atom stereocenters. The molecule has 0 fully saturated rings. The molecule has 20 heavy (non-hydrogen) atoms. The van der Waals surface area contributed by atoms with Crippen LogP contribution in [0.15, 0.2) is 30.3 Å². The Balaban J connectivity index is 2.36. The van der Waals surface area contributed by atoms with Crippen LogP contribution in [0.4, 0.5) is 0 Å².